The molecule has 0 spiro atoms. The normalized spacial score (nSPS) is 10.6. The van der Waals surface area contributed by atoms with Crippen molar-refractivity contribution in [1.29, 1.82) is 0 Å². The van der Waals surface area contributed by atoms with Crippen molar-refractivity contribution in [1.82, 2.24) is 4.98 Å². The first-order valence-electron chi connectivity index (χ1n) is 3.40. The van der Waals surface area contributed by atoms with Crippen molar-refractivity contribution in [2.45, 2.75) is 6.43 Å². The molecule has 1 heterocycles. The first-order chi connectivity index (χ1) is 6.45. The number of rotatable bonds is 2. The molecule has 0 aliphatic rings. The number of carboxylic acids is 1. The van der Waals surface area contributed by atoms with E-state index in [1.807, 2.05) is 0 Å². The number of hydrogen-bond donors (Lipinski definition) is 2. The number of pyridine rings is 1. The Morgan fingerprint density at radius 3 is 2.64 bits per heavy atom. The molecule has 3 N–H and O–H groups in total. The lowest BCUT2D eigenvalue weighted by Crippen LogP contribution is -2.09. The predicted octanol–water partition coefficient (Wildman–Crippen LogP) is 1.90. The van der Waals surface area contributed by atoms with Crippen LogP contribution in [0.3, 0.4) is 0 Å². The maximum atomic E-state index is 12.3. The minimum absolute atomic E-state index is 0.0324. The number of carbonyl (C=O) groups is 1. The quantitative estimate of drug-likeness (QED) is 0.818. The van der Waals surface area contributed by atoms with E-state index < -0.39 is 18.1 Å². The summed E-state index contributed by atoms with van der Waals surface area (Å²) in [7, 11) is 0. The first-order valence-corrected chi connectivity index (χ1v) is 4.48. The number of anilines is 1. The molecule has 0 aromatic carbocycles. The molecule has 1 rings (SSSR count). The molecule has 0 atom stereocenters. The Labute approximate surface area is 91.3 Å². The van der Waals surface area contributed by atoms with Crippen molar-refractivity contribution >= 4 is 34.2 Å². The topological polar surface area (TPSA) is 76.2 Å². The molecule has 7 heteroatoms. The highest BCUT2D eigenvalue weighted by Crippen LogP contribution is 2.28. The van der Waals surface area contributed by atoms with Crippen LogP contribution in [-0.2, 0) is 0 Å². The Bertz CT molecular complexity index is 384. The van der Waals surface area contributed by atoms with E-state index >= 15 is 0 Å². The number of aromatic carboxylic acids is 1. The minimum atomic E-state index is -2.71. The second-order valence-corrected chi connectivity index (χ2v) is 3.47. The summed E-state index contributed by atoms with van der Waals surface area (Å²) in [5.41, 5.74) is 4.35. The van der Waals surface area contributed by atoms with Gasteiger partial charge < -0.3 is 10.8 Å². The van der Waals surface area contributed by atoms with Gasteiger partial charge >= 0.3 is 5.97 Å². The molecule has 0 radical (unpaired) electrons. The van der Waals surface area contributed by atoms with E-state index in [1.54, 1.807) is 22.6 Å². The molecule has 14 heavy (non-hydrogen) atoms. The number of hydrogen-bond acceptors (Lipinski definition) is 3. The average molecular weight is 314 g/mol. The van der Waals surface area contributed by atoms with E-state index in [0.717, 1.165) is 6.20 Å². The number of aromatic nitrogens is 1. The van der Waals surface area contributed by atoms with Crippen LogP contribution in [0.15, 0.2) is 6.20 Å². The van der Waals surface area contributed by atoms with Gasteiger partial charge in [0, 0.05) is 9.77 Å². The lowest BCUT2D eigenvalue weighted by Gasteiger charge is -2.07. The molecule has 0 saturated carbocycles. The van der Waals surface area contributed by atoms with Crippen molar-refractivity contribution in [3.05, 3.63) is 21.0 Å². The smallest absolute Gasteiger partial charge is 0.356 e. The second-order valence-electron chi connectivity index (χ2n) is 2.40. The molecule has 76 valence electrons. The standard InChI is InChI=1S/C7H5F2IN2O2/c8-6(9)2-1-12-5(7(13)14)4(11)3(2)10/h1,6H,11H2,(H,13,14). The molecule has 0 aliphatic carbocycles. The fraction of sp³-hybridized carbons (Fsp3) is 0.143. The largest absolute Gasteiger partial charge is 0.476 e. The van der Waals surface area contributed by atoms with Crippen LogP contribution in [0, 0.1) is 3.57 Å². The Morgan fingerprint density at radius 2 is 2.21 bits per heavy atom. The maximum absolute atomic E-state index is 12.3. The summed E-state index contributed by atoms with van der Waals surface area (Å²) >= 11 is 1.57. The number of nitrogens with zero attached hydrogens (tertiary/aromatic N) is 1. The third-order valence-corrected chi connectivity index (χ3v) is 2.72. The van der Waals surface area contributed by atoms with Crippen molar-refractivity contribution in [2.75, 3.05) is 5.73 Å². The minimum Gasteiger partial charge on any atom is -0.476 e. The van der Waals surface area contributed by atoms with E-state index in [1.165, 1.54) is 0 Å². The summed E-state index contributed by atoms with van der Waals surface area (Å²) in [5.74, 6) is -1.33. The lowest BCUT2D eigenvalue weighted by atomic mass is 10.2. The van der Waals surface area contributed by atoms with Gasteiger partial charge in [-0.15, -0.1) is 0 Å². The van der Waals surface area contributed by atoms with Crippen LogP contribution in [0.1, 0.15) is 22.5 Å². The number of halogens is 3. The van der Waals surface area contributed by atoms with Crippen LogP contribution in [0.2, 0.25) is 0 Å². The molecule has 0 unspecified atom stereocenters. The van der Waals surface area contributed by atoms with Gasteiger partial charge in [0.15, 0.2) is 5.69 Å². The number of carboxylic acid groups (broad SMARTS) is 1. The third kappa shape index (κ3) is 1.91. The van der Waals surface area contributed by atoms with Crippen molar-refractivity contribution < 1.29 is 18.7 Å². The van der Waals surface area contributed by atoms with Crippen molar-refractivity contribution in [3.63, 3.8) is 0 Å². The number of nitrogens with two attached hydrogens (primary N) is 1. The molecular formula is C7H5F2IN2O2. The summed E-state index contributed by atoms with van der Waals surface area (Å²) in [6, 6.07) is 0. The van der Waals surface area contributed by atoms with E-state index in [-0.39, 0.29) is 14.8 Å². The Hall–Kier alpha value is -0.990. The molecule has 1 aromatic rings. The summed E-state index contributed by atoms with van der Waals surface area (Å²) in [4.78, 5) is 13.9. The van der Waals surface area contributed by atoms with E-state index in [9.17, 15) is 13.6 Å². The van der Waals surface area contributed by atoms with Gasteiger partial charge in [-0.1, -0.05) is 0 Å². The SMILES string of the molecule is Nc1c(C(=O)O)ncc(C(F)F)c1I. The van der Waals surface area contributed by atoms with Crippen LogP contribution < -0.4 is 5.73 Å². The van der Waals surface area contributed by atoms with Crippen molar-refractivity contribution in [2.24, 2.45) is 0 Å². The molecule has 0 aliphatic heterocycles. The van der Waals surface area contributed by atoms with Gasteiger partial charge in [0.2, 0.25) is 0 Å². The van der Waals surface area contributed by atoms with Gasteiger partial charge in [-0.25, -0.2) is 18.6 Å². The summed E-state index contributed by atoms with van der Waals surface area (Å²) < 4.78 is 24.6. The molecule has 4 nitrogen and oxygen atoms in total. The maximum Gasteiger partial charge on any atom is 0.356 e. The van der Waals surface area contributed by atoms with E-state index in [4.69, 9.17) is 10.8 Å². The van der Waals surface area contributed by atoms with Gasteiger partial charge in [0.1, 0.15) is 0 Å². The Balaban J connectivity index is 3.33. The van der Waals surface area contributed by atoms with Gasteiger partial charge in [-0.2, -0.15) is 0 Å². The molecular weight excluding hydrogens is 309 g/mol. The lowest BCUT2D eigenvalue weighted by molar-refractivity contribution is 0.0691. The van der Waals surface area contributed by atoms with Crippen LogP contribution in [-0.4, -0.2) is 16.1 Å². The van der Waals surface area contributed by atoms with Gasteiger partial charge in [-0.3, -0.25) is 0 Å². The van der Waals surface area contributed by atoms with Crippen LogP contribution >= 0.6 is 22.6 Å². The fourth-order valence-corrected chi connectivity index (χ4v) is 1.47. The van der Waals surface area contributed by atoms with Gasteiger partial charge in [-0.05, 0) is 22.6 Å². The third-order valence-electron chi connectivity index (χ3n) is 1.52. The Morgan fingerprint density at radius 1 is 1.64 bits per heavy atom. The second kappa shape index (κ2) is 4.03. The monoisotopic (exact) mass is 314 g/mol. The fourth-order valence-electron chi connectivity index (χ4n) is 0.842. The molecule has 1 aromatic heterocycles. The zero-order valence-corrected chi connectivity index (χ0v) is 8.83. The highest BCUT2D eigenvalue weighted by Gasteiger charge is 2.19. The van der Waals surface area contributed by atoms with E-state index in [0.29, 0.717) is 0 Å². The highest BCUT2D eigenvalue weighted by molar-refractivity contribution is 14.1. The molecule has 0 bridgehead atoms. The summed E-state index contributed by atoms with van der Waals surface area (Å²) in [6.07, 6.45) is -1.88. The van der Waals surface area contributed by atoms with Crippen molar-refractivity contribution in [3.8, 4) is 0 Å². The molecule has 0 amide bonds. The zero-order valence-electron chi connectivity index (χ0n) is 6.67. The molecule has 0 fully saturated rings. The van der Waals surface area contributed by atoms with Crippen LogP contribution in [0.4, 0.5) is 14.5 Å². The van der Waals surface area contributed by atoms with Crippen LogP contribution in [0.5, 0.6) is 0 Å². The van der Waals surface area contributed by atoms with Gasteiger partial charge in [0.25, 0.3) is 6.43 Å². The average Bonchev–Trinajstić information content (AvgIpc) is 2.08. The first kappa shape index (κ1) is 11.1. The summed E-state index contributed by atoms with van der Waals surface area (Å²) in [6.45, 7) is 0. The molecule has 0 saturated heterocycles. The zero-order chi connectivity index (χ0) is 10.9. The predicted molar refractivity (Wildman–Crippen MR) is 53.3 cm³/mol. The number of nitrogen functional groups attached to an aromatic ring is 1. The van der Waals surface area contributed by atoms with Gasteiger partial charge in [0.05, 0.1) is 11.3 Å². The summed E-state index contributed by atoms with van der Waals surface area (Å²) in [5, 5.41) is 8.59. The van der Waals surface area contributed by atoms with Crippen LogP contribution in [0.25, 0.3) is 0 Å². The number of alkyl halides is 2. The van der Waals surface area contributed by atoms with E-state index in [2.05, 4.69) is 4.98 Å². The Kier molecular flexibility index (Phi) is 3.19. The highest BCUT2D eigenvalue weighted by atomic mass is 127.